The van der Waals surface area contributed by atoms with Gasteiger partial charge in [-0.2, -0.15) is 0 Å². The van der Waals surface area contributed by atoms with Gasteiger partial charge < -0.3 is 14.6 Å². The van der Waals surface area contributed by atoms with Crippen molar-refractivity contribution in [3.05, 3.63) is 63.9 Å². The van der Waals surface area contributed by atoms with E-state index in [1.54, 1.807) is 41.9 Å². The molecule has 3 aromatic heterocycles. The molecule has 0 spiro atoms. The number of hydrogen-bond acceptors (Lipinski definition) is 4. The van der Waals surface area contributed by atoms with Crippen LogP contribution in [0.3, 0.4) is 0 Å². The fraction of sp³-hybridized carbons (Fsp3) is 0.0952. The second-order valence-electron chi connectivity index (χ2n) is 6.78. The third-order valence-electron chi connectivity index (χ3n) is 5.13. The minimum atomic E-state index is -0.980. The molecule has 138 valence electrons. The number of fused-ring (bicyclic) bond motifs is 4. The highest BCUT2D eigenvalue weighted by atomic mass is 16.4. The van der Waals surface area contributed by atoms with Crippen molar-refractivity contribution in [1.29, 1.82) is 0 Å². The molecule has 0 radical (unpaired) electrons. The molecule has 2 N–H and O–H groups in total. The second kappa shape index (κ2) is 5.56. The average Bonchev–Trinajstić information content (AvgIpc) is 3.24. The van der Waals surface area contributed by atoms with Crippen molar-refractivity contribution in [2.75, 3.05) is 0 Å². The van der Waals surface area contributed by atoms with Gasteiger partial charge in [-0.15, -0.1) is 0 Å². The quantitative estimate of drug-likeness (QED) is 0.490. The van der Waals surface area contributed by atoms with Gasteiger partial charge in [-0.1, -0.05) is 12.1 Å². The van der Waals surface area contributed by atoms with Crippen LogP contribution in [0.15, 0.2) is 51.8 Å². The van der Waals surface area contributed by atoms with Crippen molar-refractivity contribution in [2.24, 2.45) is 7.05 Å². The Labute approximate surface area is 157 Å². The van der Waals surface area contributed by atoms with Crippen molar-refractivity contribution in [3.8, 4) is 11.1 Å². The minimum absolute atomic E-state index is 0.0863. The fourth-order valence-corrected chi connectivity index (χ4v) is 3.63. The summed E-state index contributed by atoms with van der Waals surface area (Å²) in [6, 6.07) is 9.89. The first-order valence-corrected chi connectivity index (χ1v) is 8.69. The second-order valence-corrected chi connectivity index (χ2v) is 6.78. The molecule has 3 heterocycles. The Morgan fingerprint density at radius 2 is 1.86 bits per heavy atom. The van der Waals surface area contributed by atoms with Crippen LogP contribution in [0.25, 0.3) is 44.2 Å². The Morgan fingerprint density at radius 1 is 1.11 bits per heavy atom. The highest BCUT2D eigenvalue weighted by Gasteiger charge is 2.21. The van der Waals surface area contributed by atoms with Crippen molar-refractivity contribution in [1.82, 2.24) is 14.8 Å². The monoisotopic (exact) mass is 373 g/mol. The largest absolute Gasteiger partial charge is 0.478 e. The lowest BCUT2D eigenvalue weighted by molar-refractivity contribution is 0.0697. The summed E-state index contributed by atoms with van der Waals surface area (Å²) < 4.78 is 7.95. The molecular formula is C21H15N3O4. The van der Waals surface area contributed by atoms with E-state index in [1.165, 1.54) is 6.07 Å². The predicted molar refractivity (Wildman–Crippen MR) is 106 cm³/mol. The van der Waals surface area contributed by atoms with Crippen LogP contribution in [0.1, 0.15) is 15.9 Å². The molecule has 0 bridgehead atoms. The topological polar surface area (TPSA) is 101 Å². The maximum Gasteiger partial charge on any atom is 0.335 e. The van der Waals surface area contributed by atoms with Crippen LogP contribution in [-0.2, 0) is 7.05 Å². The minimum Gasteiger partial charge on any atom is -0.478 e. The summed E-state index contributed by atoms with van der Waals surface area (Å²) in [5, 5.41) is 13.9. The number of carbonyl (C=O) groups is 1. The number of furan rings is 1. The lowest BCUT2D eigenvalue weighted by Gasteiger charge is -2.06. The van der Waals surface area contributed by atoms with Crippen molar-refractivity contribution < 1.29 is 14.3 Å². The molecule has 0 aliphatic rings. The lowest BCUT2D eigenvalue weighted by atomic mass is 10.0. The molecule has 0 aliphatic carbocycles. The zero-order chi connectivity index (χ0) is 19.6. The van der Waals surface area contributed by atoms with Crippen LogP contribution >= 0.6 is 0 Å². The Balaban J connectivity index is 1.95. The third-order valence-corrected chi connectivity index (χ3v) is 5.13. The normalized spacial score (nSPS) is 11.6. The van der Waals surface area contributed by atoms with Crippen LogP contribution in [0.4, 0.5) is 0 Å². The summed E-state index contributed by atoms with van der Waals surface area (Å²) in [4.78, 5) is 28.0. The van der Waals surface area contributed by atoms with Crippen molar-refractivity contribution >= 4 is 39.1 Å². The highest BCUT2D eigenvalue weighted by molar-refractivity contribution is 6.14. The molecular weight excluding hydrogens is 358 g/mol. The van der Waals surface area contributed by atoms with Crippen LogP contribution in [0, 0.1) is 6.92 Å². The molecule has 5 rings (SSSR count). The van der Waals surface area contributed by atoms with Gasteiger partial charge in [0.1, 0.15) is 11.1 Å². The summed E-state index contributed by atoms with van der Waals surface area (Å²) in [6.07, 6.45) is 1.83. The van der Waals surface area contributed by atoms with Gasteiger partial charge in [0.2, 0.25) is 0 Å². The zero-order valence-electron chi connectivity index (χ0n) is 15.1. The Hall–Kier alpha value is -3.87. The number of aromatic carboxylic acids is 1. The standard InChI is InChI=1S/C21H15N3O4/c1-10-15(25)8-7-13-17-19(28-18(10)13)16(14-9-22-24(2)20(14)23-17)11-3-5-12(6-4-11)21(26)27/h3-9,22H,1-2H3,(H,26,27). The van der Waals surface area contributed by atoms with Crippen LogP contribution in [0.5, 0.6) is 0 Å². The van der Waals surface area contributed by atoms with Gasteiger partial charge in [-0.3, -0.25) is 9.48 Å². The molecule has 7 heteroatoms. The van der Waals surface area contributed by atoms with Gasteiger partial charge in [0.25, 0.3) is 0 Å². The van der Waals surface area contributed by atoms with Gasteiger partial charge in [0.05, 0.1) is 5.56 Å². The van der Waals surface area contributed by atoms with E-state index in [4.69, 9.17) is 9.40 Å². The van der Waals surface area contributed by atoms with E-state index in [0.717, 1.165) is 27.5 Å². The number of aromatic amines is 1. The lowest BCUT2D eigenvalue weighted by Crippen LogP contribution is -2.01. The summed E-state index contributed by atoms with van der Waals surface area (Å²) >= 11 is 0. The van der Waals surface area contributed by atoms with Gasteiger partial charge in [-0.25, -0.2) is 9.78 Å². The van der Waals surface area contributed by atoms with Gasteiger partial charge >= 0.3 is 5.97 Å². The molecule has 5 aromatic rings. The summed E-state index contributed by atoms with van der Waals surface area (Å²) in [5.74, 6) is -0.980. The number of pyridine rings is 1. The van der Waals surface area contributed by atoms with E-state index < -0.39 is 5.97 Å². The van der Waals surface area contributed by atoms with E-state index in [0.29, 0.717) is 22.2 Å². The number of benzene rings is 2. The zero-order valence-corrected chi connectivity index (χ0v) is 15.1. The summed E-state index contributed by atoms with van der Waals surface area (Å²) in [7, 11) is 1.86. The molecule has 28 heavy (non-hydrogen) atoms. The molecule has 2 aromatic carbocycles. The summed E-state index contributed by atoms with van der Waals surface area (Å²) in [6.45, 7) is 1.74. The maximum atomic E-state index is 12.1. The number of nitrogens with one attached hydrogen (secondary N) is 1. The molecule has 0 unspecified atom stereocenters. The van der Waals surface area contributed by atoms with Crippen molar-refractivity contribution in [3.63, 3.8) is 0 Å². The Bertz CT molecular complexity index is 1470. The van der Waals surface area contributed by atoms with E-state index in [9.17, 15) is 14.7 Å². The van der Waals surface area contributed by atoms with Gasteiger partial charge in [-0.05, 0) is 36.8 Å². The number of hydrogen-bond donors (Lipinski definition) is 2. The number of rotatable bonds is 2. The average molecular weight is 373 g/mol. The Morgan fingerprint density at radius 3 is 2.57 bits per heavy atom. The van der Waals surface area contributed by atoms with E-state index >= 15 is 0 Å². The van der Waals surface area contributed by atoms with E-state index in [2.05, 4.69) is 5.10 Å². The number of nitrogens with zero attached hydrogens (tertiary/aromatic N) is 2. The number of aryl methyl sites for hydroxylation is 2. The summed E-state index contributed by atoms with van der Waals surface area (Å²) in [5.41, 5.74) is 4.76. The number of carboxylic acids is 1. The molecule has 0 aliphatic heterocycles. The molecule has 0 amide bonds. The third kappa shape index (κ3) is 2.13. The van der Waals surface area contributed by atoms with Gasteiger partial charge in [0, 0.05) is 35.1 Å². The maximum absolute atomic E-state index is 12.1. The number of H-pyrrole nitrogens is 1. The van der Waals surface area contributed by atoms with Crippen LogP contribution in [0.2, 0.25) is 0 Å². The first-order valence-electron chi connectivity index (χ1n) is 8.69. The van der Waals surface area contributed by atoms with E-state index in [-0.39, 0.29) is 11.0 Å². The molecule has 0 saturated carbocycles. The van der Waals surface area contributed by atoms with E-state index in [1.807, 2.05) is 13.2 Å². The smallest absolute Gasteiger partial charge is 0.335 e. The predicted octanol–water partition coefficient (Wildman–Crippen LogP) is 3.83. The SMILES string of the molecule is Cc1c(=O)ccc2c1oc1c(-c3ccc(C(=O)O)cc3)c3c[nH]n(C)c3nc12. The molecule has 0 saturated heterocycles. The van der Waals surface area contributed by atoms with Crippen LogP contribution < -0.4 is 5.43 Å². The number of aromatic nitrogens is 3. The first kappa shape index (κ1) is 16.3. The van der Waals surface area contributed by atoms with Crippen molar-refractivity contribution in [2.45, 2.75) is 6.92 Å². The number of carboxylic acid groups (broad SMARTS) is 1. The fourth-order valence-electron chi connectivity index (χ4n) is 3.63. The molecule has 0 atom stereocenters. The Kier molecular flexibility index (Phi) is 3.24. The van der Waals surface area contributed by atoms with Gasteiger partial charge in [0.15, 0.2) is 16.7 Å². The first-order chi connectivity index (χ1) is 13.5. The van der Waals surface area contributed by atoms with Crippen LogP contribution in [-0.4, -0.2) is 25.8 Å². The molecule has 7 nitrogen and oxygen atoms in total. The highest BCUT2D eigenvalue weighted by Crippen LogP contribution is 2.39. The molecule has 0 fully saturated rings.